The number of aryl methyl sites for hydroxylation is 1. The number of nitrogens with zero attached hydrogens (tertiary/aromatic N) is 3. The molecule has 5 rings (SSSR count). The molecule has 1 amide bonds. The van der Waals surface area contributed by atoms with Crippen molar-refractivity contribution in [1.82, 2.24) is 14.7 Å². The minimum absolute atomic E-state index is 0.0453. The van der Waals surface area contributed by atoms with Gasteiger partial charge in [-0.3, -0.25) is 9.48 Å². The van der Waals surface area contributed by atoms with Crippen LogP contribution in [0.25, 0.3) is 0 Å². The lowest BCUT2D eigenvalue weighted by molar-refractivity contribution is -0.134. The zero-order chi connectivity index (χ0) is 19.7. The highest BCUT2D eigenvalue weighted by molar-refractivity contribution is 5.85. The van der Waals surface area contributed by atoms with Crippen LogP contribution in [0.2, 0.25) is 0 Å². The molecule has 1 spiro atoms. The smallest absolute Gasteiger partial charge is 0.226 e. The number of hydrogen-bond acceptors (Lipinski definition) is 3. The van der Waals surface area contributed by atoms with Gasteiger partial charge in [-0.1, -0.05) is 18.2 Å². The number of aromatic nitrogens is 2. The van der Waals surface area contributed by atoms with Gasteiger partial charge in [0.1, 0.15) is 11.4 Å². The molecule has 1 fully saturated rings. The third kappa shape index (κ3) is 2.51. The van der Waals surface area contributed by atoms with Crippen molar-refractivity contribution >= 4 is 5.91 Å². The molecule has 0 radical (unpaired) electrons. The quantitative estimate of drug-likeness (QED) is 0.798. The van der Waals surface area contributed by atoms with Crippen molar-refractivity contribution in [2.75, 3.05) is 7.05 Å². The molecule has 5 nitrogen and oxygen atoms in total. The Morgan fingerprint density at radius 2 is 2.11 bits per heavy atom. The van der Waals surface area contributed by atoms with Gasteiger partial charge in [-0.2, -0.15) is 5.10 Å². The fourth-order valence-corrected chi connectivity index (χ4v) is 5.76. The molecule has 1 aromatic heterocycles. The van der Waals surface area contributed by atoms with Gasteiger partial charge in [0.05, 0.1) is 12.2 Å². The fraction of sp³-hybridized carbons (Fsp3) is 0.565. The molecule has 5 heteroatoms. The average molecular weight is 380 g/mol. The van der Waals surface area contributed by atoms with Crippen LogP contribution >= 0.6 is 0 Å². The van der Waals surface area contributed by atoms with Gasteiger partial charge < -0.3 is 9.64 Å². The second-order valence-electron chi connectivity index (χ2n) is 9.47. The van der Waals surface area contributed by atoms with Gasteiger partial charge in [0.15, 0.2) is 0 Å². The van der Waals surface area contributed by atoms with Gasteiger partial charge in [-0.15, -0.1) is 0 Å². The average Bonchev–Trinajstić information content (AvgIpc) is 3.23. The number of benzene rings is 1. The molecule has 28 heavy (non-hydrogen) atoms. The van der Waals surface area contributed by atoms with E-state index in [2.05, 4.69) is 31.1 Å². The van der Waals surface area contributed by atoms with Crippen LogP contribution in [0.5, 0.6) is 5.75 Å². The Kier molecular flexibility index (Phi) is 3.71. The number of para-hydroxylation sites is 1. The predicted molar refractivity (Wildman–Crippen MR) is 107 cm³/mol. The van der Waals surface area contributed by atoms with E-state index in [1.165, 1.54) is 16.8 Å². The molecular formula is C23H29N3O2. The van der Waals surface area contributed by atoms with E-state index in [1.54, 1.807) is 0 Å². The molecular weight excluding hydrogens is 350 g/mol. The first kappa shape index (κ1) is 17.8. The molecule has 0 unspecified atom stereocenters. The van der Waals surface area contributed by atoms with Crippen molar-refractivity contribution in [3.05, 3.63) is 47.3 Å². The van der Waals surface area contributed by atoms with E-state index in [0.717, 1.165) is 37.9 Å². The van der Waals surface area contributed by atoms with Crippen molar-refractivity contribution in [3.8, 4) is 5.75 Å². The van der Waals surface area contributed by atoms with E-state index in [4.69, 9.17) is 4.74 Å². The monoisotopic (exact) mass is 379 g/mol. The highest BCUT2D eigenvalue weighted by Crippen LogP contribution is 2.64. The lowest BCUT2D eigenvalue weighted by Crippen LogP contribution is -2.41. The number of ether oxygens (including phenoxy) is 1. The van der Waals surface area contributed by atoms with Crippen LogP contribution in [-0.4, -0.2) is 33.2 Å². The van der Waals surface area contributed by atoms with Crippen LogP contribution in [0.1, 0.15) is 62.4 Å². The third-order valence-corrected chi connectivity index (χ3v) is 7.08. The summed E-state index contributed by atoms with van der Waals surface area (Å²) >= 11 is 0. The molecule has 3 aliphatic rings. The van der Waals surface area contributed by atoms with Crippen LogP contribution in [0.4, 0.5) is 0 Å². The molecule has 148 valence electrons. The Hall–Kier alpha value is -2.30. The van der Waals surface area contributed by atoms with E-state index in [9.17, 15) is 4.79 Å². The highest BCUT2D eigenvalue weighted by Gasteiger charge is 2.64. The Bertz CT molecular complexity index is 947. The van der Waals surface area contributed by atoms with Crippen LogP contribution in [-0.2, 0) is 23.7 Å². The molecule has 0 bridgehead atoms. The molecule has 1 aliphatic heterocycles. The van der Waals surface area contributed by atoms with E-state index in [-0.39, 0.29) is 28.9 Å². The van der Waals surface area contributed by atoms with Gasteiger partial charge in [-0.05, 0) is 52.0 Å². The standard InChI is InChI=1S/C23H29N3O2/c1-22(2)14-23(16-8-5-6-11-20(16)28-22)12-17(23)21(27)25(3)18-9-7-10-19-15(18)13-24-26(19)4/h5-6,8,11,13,17-18H,7,9-10,12,14H2,1-4H3/t17-,18+,23+/m1/s1. The van der Waals surface area contributed by atoms with Crippen molar-refractivity contribution in [2.24, 2.45) is 13.0 Å². The first-order valence-electron chi connectivity index (χ1n) is 10.4. The summed E-state index contributed by atoms with van der Waals surface area (Å²) in [5, 5.41) is 4.44. The van der Waals surface area contributed by atoms with Gasteiger partial charge in [0, 0.05) is 42.2 Å². The molecule has 2 heterocycles. The summed E-state index contributed by atoms with van der Waals surface area (Å²) < 4.78 is 8.18. The Morgan fingerprint density at radius 3 is 2.93 bits per heavy atom. The van der Waals surface area contributed by atoms with Crippen molar-refractivity contribution < 1.29 is 9.53 Å². The number of hydrogen-bond donors (Lipinski definition) is 0. The maximum Gasteiger partial charge on any atom is 0.226 e. The first-order valence-corrected chi connectivity index (χ1v) is 10.4. The first-order chi connectivity index (χ1) is 13.3. The van der Waals surface area contributed by atoms with E-state index in [1.807, 2.05) is 42.0 Å². The fourth-order valence-electron chi connectivity index (χ4n) is 5.76. The normalized spacial score (nSPS) is 29.6. The minimum atomic E-state index is -0.247. The van der Waals surface area contributed by atoms with E-state index < -0.39 is 0 Å². The maximum absolute atomic E-state index is 13.6. The van der Waals surface area contributed by atoms with E-state index in [0.29, 0.717) is 0 Å². The van der Waals surface area contributed by atoms with Gasteiger partial charge in [-0.25, -0.2) is 0 Å². The Balaban J connectivity index is 1.44. The van der Waals surface area contributed by atoms with Gasteiger partial charge in [0.2, 0.25) is 5.91 Å². The topological polar surface area (TPSA) is 47.4 Å². The highest BCUT2D eigenvalue weighted by atomic mass is 16.5. The second-order valence-corrected chi connectivity index (χ2v) is 9.47. The lowest BCUT2D eigenvalue weighted by atomic mass is 9.79. The number of carbonyl (C=O) groups excluding carboxylic acids is 1. The van der Waals surface area contributed by atoms with Crippen molar-refractivity contribution in [1.29, 1.82) is 0 Å². The molecule has 0 saturated heterocycles. The molecule has 2 aliphatic carbocycles. The zero-order valence-electron chi connectivity index (χ0n) is 17.2. The van der Waals surface area contributed by atoms with Crippen LogP contribution in [0.3, 0.4) is 0 Å². The maximum atomic E-state index is 13.6. The third-order valence-electron chi connectivity index (χ3n) is 7.08. The number of rotatable bonds is 2. The predicted octanol–water partition coefficient (Wildman–Crippen LogP) is 3.77. The molecule has 3 atom stereocenters. The summed E-state index contributed by atoms with van der Waals surface area (Å²) in [5.41, 5.74) is 3.40. The minimum Gasteiger partial charge on any atom is -0.488 e. The van der Waals surface area contributed by atoms with E-state index >= 15 is 0 Å². The Morgan fingerprint density at radius 1 is 1.32 bits per heavy atom. The summed E-state index contributed by atoms with van der Waals surface area (Å²) in [5.74, 6) is 1.27. The largest absolute Gasteiger partial charge is 0.488 e. The molecule has 1 saturated carbocycles. The van der Waals surface area contributed by atoms with Crippen LogP contribution < -0.4 is 4.74 Å². The molecule has 1 aromatic carbocycles. The zero-order valence-corrected chi connectivity index (χ0v) is 17.2. The van der Waals surface area contributed by atoms with Gasteiger partial charge in [0.25, 0.3) is 0 Å². The van der Waals surface area contributed by atoms with Crippen LogP contribution in [0, 0.1) is 5.92 Å². The van der Waals surface area contributed by atoms with Crippen molar-refractivity contribution in [3.63, 3.8) is 0 Å². The van der Waals surface area contributed by atoms with Crippen LogP contribution in [0.15, 0.2) is 30.5 Å². The van der Waals surface area contributed by atoms with Crippen molar-refractivity contribution in [2.45, 2.75) is 63.0 Å². The second kappa shape index (κ2) is 5.85. The number of fused-ring (bicyclic) bond motifs is 3. The molecule has 2 aromatic rings. The summed E-state index contributed by atoms with van der Waals surface area (Å²) in [6.45, 7) is 4.27. The summed E-state index contributed by atoms with van der Waals surface area (Å²) in [7, 11) is 3.98. The summed E-state index contributed by atoms with van der Waals surface area (Å²) in [4.78, 5) is 15.6. The number of carbonyl (C=O) groups is 1. The summed E-state index contributed by atoms with van der Waals surface area (Å²) in [6.07, 6.45) is 6.95. The number of amides is 1. The molecule has 0 N–H and O–H groups in total. The summed E-state index contributed by atoms with van der Waals surface area (Å²) in [6, 6.07) is 8.42. The van der Waals surface area contributed by atoms with Gasteiger partial charge >= 0.3 is 0 Å². The Labute approximate surface area is 166 Å². The lowest BCUT2D eigenvalue weighted by Gasteiger charge is -2.39. The SMILES string of the molecule is CN(C(=O)[C@H]1C[C@@]12CC(C)(C)Oc1ccccc12)[C@H]1CCCc2c1cnn2C.